The third kappa shape index (κ3) is 4.37. The smallest absolute Gasteiger partial charge is 0.271 e. The lowest BCUT2D eigenvalue weighted by Gasteiger charge is -2.07. The van der Waals surface area contributed by atoms with Crippen molar-refractivity contribution in [3.8, 4) is 0 Å². The highest BCUT2D eigenvalue weighted by Gasteiger charge is 2.14. The first-order valence-electron chi connectivity index (χ1n) is 6.97. The van der Waals surface area contributed by atoms with E-state index in [0.717, 1.165) is 11.3 Å². The lowest BCUT2D eigenvalue weighted by molar-refractivity contribution is 0.603. The lowest BCUT2D eigenvalue weighted by Crippen LogP contribution is -2.11. The fourth-order valence-electron chi connectivity index (χ4n) is 1.97. The number of anilines is 1. The minimum atomic E-state index is -3.47. The zero-order valence-corrected chi connectivity index (χ0v) is 14.6. The summed E-state index contributed by atoms with van der Waals surface area (Å²) in [7, 11) is -3.47. The summed E-state index contributed by atoms with van der Waals surface area (Å²) in [6.45, 7) is 0. The molecule has 3 nitrogen and oxygen atoms in total. The minimum Gasteiger partial charge on any atom is -0.279 e. The van der Waals surface area contributed by atoms with Gasteiger partial charge in [0.2, 0.25) is 0 Å². The molecule has 0 fully saturated rings. The molecule has 1 heterocycles. The maximum Gasteiger partial charge on any atom is 0.271 e. The van der Waals surface area contributed by atoms with Gasteiger partial charge in [0, 0.05) is 16.3 Å². The summed E-state index contributed by atoms with van der Waals surface area (Å²) in [5.74, 6) is 0.849. The quantitative estimate of drug-likeness (QED) is 0.639. The van der Waals surface area contributed by atoms with E-state index < -0.39 is 10.0 Å². The standard InChI is InChI=1S/C17H15NO2S3/c19-23(20,17-7-4-12-21-17)18-15-10-8-14(9-11-15)13-22-16-5-2-1-3-6-16/h1-12,18H,13H2. The van der Waals surface area contributed by atoms with Crippen molar-refractivity contribution in [1.29, 1.82) is 0 Å². The van der Waals surface area contributed by atoms with Gasteiger partial charge in [0.05, 0.1) is 0 Å². The zero-order valence-electron chi connectivity index (χ0n) is 12.2. The van der Waals surface area contributed by atoms with Crippen LogP contribution in [0.5, 0.6) is 0 Å². The van der Waals surface area contributed by atoms with Gasteiger partial charge in [-0.15, -0.1) is 23.1 Å². The van der Waals surface area contributed by atoms with E-state index in [1.54, 1.807) is 41.4 Å². The molecule has 0 radical (unpaired) electrons. The van der Waals surface area contributed by atoms with Crippen LogP contribution in [0.3, 0.4) is 0 Å². The average molecular weight is 362 g/mol. The Kier molecular flexibility index (Phi) is 5.05. The molecule has 0 spiro atoms. The lowest BCUT2D eigenvalue weighted by atomic mass is 10.2. The number of benzene rings is 2. The summed E-state index contributed by atoms with van der Waals surface area (Å²) in [5, 5.41) is 1.75. The van der Waals surface area contributed by atoms with Crippen LogP contribution in [0.25, 0.3) is 0 Å². The number of thioether (sulfide) groups is 1. The fraction of sp³-hybridized carbons (Fsp3) is 0.0588. The van der Waals surface area contributed by atoms with Gasteiger partial charge in [0.25, 0.3) is 10.0 Å². The molecule has 118 valence electrons. The van der Waals surface area contributed by atoms with E-state index >= 15 is 0 Å². The van der Waals surface area contributed by atoms with Gasteiger partial charge in [-0.2, -0.15) is 0 Å². The zero-order chi connectivity index (χ0) is 16.1. The van der Waals surface area contributed by atoms with Crippen LogP contribution in [0.1, 0.15) is 5.56 Å². The molecule has 0 bridgehead atoms. The Morgan fingerprint density at radius 2 is 1.65 bits per heavy atom. The van der Waals surface area contributed by atoms with Gasteiger partial charge in [-0.3, -0.25) is 4.72 Å². The van der Waals surface area contributed by atoms with E-state index in [0.29, 0.717) is 9.90 Å². The van der Waals surface area contributed by atoms with Gasteiger partial charge in [0.1, 0.15) is 4.21 Å². The van der Waals surface area contributed by atoms with E-state index in [-0.39, 0.29) is 0 Å². The van der Waals surface area contributed by atoms with E-state index in [9.17, 15) is 8.42 Å². The molecule has 0 atom stereocenters. The molecule has 0 aliphatic heterocycles. The van der Waals surface area contributed by atoms with Crippen LogP contribution in [-0.2, 0) is 15.8 Å². The molecule has 1 N–H and O–H groups in total. The highest BCUT2D eigenvalue weighted by atomic mass is 32.2. The van der Waals surface area contributed by atoms with Gasteiger partial charge in [-0.25, -0.2) is 8.42 Å². The first-order chi connectivity index (χ1) is 11.1. The second-order valence-corrected chi connectivity index (χ2v) is 8.74. The van der Waals surface area contributed by atoms with E-state index in [4.69, 9.17) is 0 Å². The van der Waals surface area contributed by atoms with E-state index in [1.807, 2.05) is 30.3 Å². The second-order valence-electron chi connectivity index (χ2n) is 4.84. The molecule has 0 amide bonds. The molecular formula is C17H15NO2S3. The number of rotatable bonds is 6. The van der Waals surface area contributed by atoms with Gasteiger partial charge >= 0.3 is 0 Å². The summed E-state index contributed by atoms with van der Waals surface area (Å²) in [6.07, 6.45) is 0. The Balaban J connectivity index is 1.63. The summed E-state index contributed by atoms with van der Waals surface area (Å²) >= 11 is 2.96. The van der Waals surface area contributed by atoms with Crippen molar-refractivity contribution >= 4 is 38.8 Å². The second kappa shape index (κ2) is 7.21. The summed E-state index contributed by atoms with van der Waals surface area (Å²) < 4.78 is 27.2. The van der Waals surface area contributed by atoms with Crippen LogP contribution < -0.4 is 4.72 Å². The normalized spacial score (nSPS) is 11.3. The molecule has 1 aromatic heterocycles. The number of thiophene rings is 1. The van der Waals surface area contributed by atoms with Crippen molar-refractivity contribution in [2.75, 3.05) is 4.72 Å². The maximum atomic E-state index is 12.2. The Hall–Kier alpha value is -1.76. The number of hydrogen-bond acceptors (Lipinski definition) is 4. The first-order valence-corrected chi connectivity index (χ1v) is 10.3. The van der Waals surface area contributed by atoms with Crippen molar-refractivity contribution in [3.05, 3.63) is 77.7 Å². The highest BCUT2D eigenvalue weighted by molar-refractivity contribution is 7.98. The Morgan fingerprint density at radius 1 is 0.913 bits per heavy atom. The molecule has 23 heavy (non-hydrogen) atoms. The van der Waals surface area contributed by atoms with Gasteiger partial charge in [0.15, 0.2) is 0 Å². The molecule has 0 saturated heterocycles. The van der Waals surface area contributed by atoms with Gasteiger partial charge in [-0.05, 0) is 41.3 Å². The first kappa shape index (κ1) is 16.1. The molecular weight excluding hydrogens is 346 g/mol. The van der Waals surface area contributed by atoms with Crippen molar-refractivity contribution in [2.45, 2.75) is 14.9 Å². The topological polar surface area (TPSA) is 46.2 Å². The molecule has 6 heteroatoms. The Morgan fingerprint density at radius 3 is 2.30 bits per heavy atom. The molecule has 3 aromatic rings. The Bertz CT molecular complexity index is 843. The SMILES string of the molecule is O=S(=O)(Nc1ccc(CSc2ccccc2)cc1)c1cccs1. The molecule has 3 rings (SSSR count). The van der Waals surface area contributed by atoms with Crippen molar-refractivity contribution in [2.24, 2.45) is 0 Å². The fourth-order valence-corrected chi connectivity index (χ4v) is 4.90. The van der Waals surface area contributed by atoms with E-state index in [1.165, 1.54) is 16.2 Å². The van der Waals surface area contributed by atoms with Crippen LogP contribution in [0.4, 0.5) is 5.69 Å². The van der Waals surface area contributed by atoms with Crippen molar-refractivity contribution < 1.29 is 8.42 Å². The maximum absolute atomic E-state index is 12.2. The van der Waals surface area contributed by atoms with Crippen molar-refractivity contribution in [1.82, 2.24) is 0 Å². The molecule has 0 saturated carbocycles. The molecule has 0 unspecified atom stereocenters. The Labute approximate surface area is 144 Å². The van der Waals surface area contributed by atoms with E-state index in [2.05, 4.69) is 16.9 Å². The third-order valence-electron chi connectivity index (χ3n) is 3.11. The van der Waals surface area contributed by atoms with Crippen LogP contribution in [0.15, 0.2) is 81.2 Å². The monoisotopic (exact) mass is 361 g/mol. The van der Waals surface area contributed by atoms with Crippen molar-refractivity contribution in [3.63, 3.8) is 0 Å². The highest BCUT2D eigenvalue weighted by Crippen LogP contribution is 2.24. The van der Waals surface area contributed by atoms with Crippen LogP contribution >= 0.6 is 23.1 Å². The molecule has 0 aliphatic rings. The van der Waals surface area contributed by atoms with Crippen LogP contribution in [0, 0.1) is 0 Å². The predicted molar refractivity (Wildman–Crippen MR) is 97.6 cm³/mol. The molecule has 0 aliphatic carbocycles. The number of sulfonamides is 1. The van der Waals surface area contributed by atoms with Crippen LogP contribution in [0.2, 0.25) is 0 Å². The van der Waals surface area contributed by atoms with Gasteiger partial charge < -0.3 is 0 Å². The van der Waals surface area contributed by atoms with Crippen LogP contribution in [-0.4, -0.2) is 8.42 Å². The largest absolute Gasteiger partial charge is 0.279 e. The number of nitrogens with one attached hydrogen (secondary N) is 1. The number of hydrogen-bond donors (Lipinski definition) is 1. The summed E-state index contributed by atoms with van der Waals surface area (Å²) in [6, 6.07) is 21.0. The predicted octanol–water partition coefficient (Wildman–Crippen LogP) is 4.84. The molecule has 2 aromatic carbocycles. The summed E-state index contributed by atoms with van der Waals surface area (Å²) in [5.41, 5.74) is 1.73. The average Bonchev–Trinajstić information content (AvgIpc) is 3.10. The van der Waals surface area contributed by atoms with Gasteiger partial charge in [-0.1, -0.05) is 36.4 Å². The minimum absolute atomic E-state index is 0.321. The third-order valence-corrected chi connectivity index (χ3v) is 6.98. The summed E-state index contributed by atoms with van der Waals surface area (Å²) in [4.78, 5) is 1.22.